The summed E-state index contributed by atoms with van der Waals surface area (Å²) in [6, 6.07) is 5.02. The van der Waals surface area contributed by atoms with Gasteiger partial charge < -0.3 is 9.31 Å². The van der Waals surface area contributed by atoms with Crippen LogP contribution >= 0.6 is 15.9 Å². The summed E-state index contributed by atoms with van der Waals surface area (Å²) in [5, 5.41) is 11.1. The fourth-order valence-corrected chi connectivity index (χ4v) is 2.46. The highest BCUT2D eigenvalue weighted by atomic mass is 79.9. The van der Waals surface area contributed by atoms with Crippen molar-refractivity contribution >= 4 is 28.7 Å². The molecule has 20 heavy (non-hydrogen) atoms. The molecule has 0 aromatic heterocycles. The summed E-state index contributed by atoms with van der Waals surface area (Å²) >= 11 is 3.25. The standard InChI is InChI=1S/C13H17BBrNO4/c1-12(2)13(3,4)20-14(19-12)8-9-5-6-10(15)7-11(9)16(17)18/h5-7H,8H2,1-4H3. The molecule has 1 saturated heterocycles. The van der Waals surface area contributed by atoms with Crippen molar-refractivity contribution in [1.82, 2.24) is 0 Å². The molecule has 0 atom stereocenters. The molecule has 1 fully saturated rings. The molecular formula is C13H17BBrNO4. The highest BCUT2D eigenvalue weighted by Gasteiger charge is 2.51. The zero-order chi connectivity index (χ0) is 15.1. The molecule has 0 aliphatic carbocycles. The Hall–Kier alpha value is -0.915. The molecule has 0 amide bonds. The molecule has 108 valence electrons. The molecule has 0 radical (unpaired) electrons. The lowest BCUT2D eigenvalue weighted by molar-refractivity contribution is -0.385. The number of benzene rings is 1. The fourth-order valence-electron chi connectivity index (χ4n) is 2.11. The van der Waals surface area contributed by atoms with Crippen LogP contribution in [0.25, 0.3) is 0 Å². The van der Waals surface area contributed by atoms with E-state index >= 15 is 0 Å². The van der Waals surface area contributed by atoms with E-state index in [1.54, 1.807) is 12.1 Å². The summed E-state index contributed by atoms with van der Waals surface area (Å²) < 4.78 is 12.4. The van der Waals surface area contributed by atoms with Gasteiger partial charge in [-0.3, -0.25) is 10.1 Å². The van der Waals surface area contributed by atoms with Crippen LogP contribution in [0.4, 0.5) is 5.69 Å². The van der Waals surface area contributed by atoms with Crippen molar-refractivity contribution < 1.29 is 14.2 Å². The van der Waals surface area contributed by atoms with E-state index in [-0.39, 0.29) is 10.6 Å². The van der Waals surface area contributed by atoms with Gasteiger partial charge in [0.25, 0.3) is 5.69 Å². The zero-order valence-electron chi connectivity index (χ0n) is 12.0. The molecule has 1 heterocycles. The summed E-state index contributed by atoms with van der Waals surface area (Å²) in [5.74, 6) is 0. The Kier molecular flexibility index (Phi) is 3.97. The van der Waals surface area contributed by atoms with Crippen LogP contribution in [-0.2, 0) is 15.6 Å². The summed E-state index contributed by atoms with van der Waals surface area (Å²) in [4.78, 5) is 10.7. The molecule has 0 unspecified atom stereocenters. The SMILES string of the molecule is CC1(C)OB(Cc2ccc(Br)cc2[N+](=O)[O-])OC1(C)C. The number of halogens is 1. The topological polar surface area (TPSA) is 61.6 Å². The van der Waals surface area contributed by atoms with Gasteiger partial charge in [-0.1, -0.05) is 22.0 Å². The number of hydrogen-bond acceptors (Lipinski definition) is 4. The minimum atomic E-state index is -0.472. The normalized spacial score (nSPS) is 20.1. The van der Waals surface area contributed by atoms with Crippen LogP contribution in [0, 0.1) is 10.1 Å². The Morgan fingerprint density at radius 2 is 1.80 bits per heavy atom. The van der Waals surface area contributed by atoms with E-state index < -0.39 is 18.3 Å². The molecule has 1 aromatic rings. The fraction of sp³-hybridized carbons (Fsp3) is 0.538. The largest absolute Gasteiger partial charge is 0.462 e. The molecule has 1 aliphatic heterocycles. The van der Waals surface area contributed by atoms with Gasteiger partial charge in [-0.2, -0.15) is 0 Å². The summed E-state index contributed by atoms with van der Waals surface area (Å²) in [7, 11) is -0.472. The molecule has 0 saturated carbocycles. The van der Waals surface area contributed by atoms with Crippen molar-refractivity contribution in [2.24, 2.45) is 0 Å². The smallest absolute Gasteiger partial charge is 0.403 e. The van der Waals surface area contributed by atoms with Crippen LogP contribution < -0.4 is 0 Å². The van der Waals surface area contributed by atoms with Gasteiger partial charge in [0.2, 0.25) is 0 Å². The lowest BCUT2D eigenvalue weighted by atomic mass is 9.80. The van der Waals surface area contributed by atoms with Gasteiger partial charge in [-0.05, 0) is 33.8 Å². The average Bonchev–Trinajstić information content (AvgIpc) is 2.49. The summed E-state index contributed by atoms with van der Waals surface area (Å²) in [6.45, 7) is 7.85. The van der Waals surface area contributed by atoms with E-state index in [0.717, 1.165) is 0 Å². The van der Waals surface area contributed by atoms with Gasteiger partial charge >= 0.3 is 7.12 Å². The van der Waals surface area contributed by atoms with Gasteiger partial charge in [0, 0.05) is 22.4 Å². The number of nitro benzene ring substituents is 1. The predicted octanol–water partition coefficient (Wildman–Crippen LogP) is 3.53. The number of nitrogens with zero attached hydrogens (tertiary/aromatic N) is 1. The lowest BCUT2D eigenvalue weighted by Crippen LogP contribution is -2.41. The number of hydrogen-bond donors (Lipinski definition) is 0. The first-order chi connectivity index (χ1) is 9.12. The molecule has 0 spiro atoms. The number of rotatable bonds is 3. The average molecular weight is 342 g/mol. The molecule has 7 heteroatoms. The first kappa shape index (κ1) is 15.5. The minimum absolute atomic E-state index is 0.0779. The Morgan fingerprint density at radius 3 is 2.30 bits per heavy atom. The highest BCUT2D eigenvalue weighted by Crippen LogP contribution is 2.38. The molecule has 1 aliphatic rings. The van der Waals surface area contributed by atoms with Crippen LogP contribution in [0.3, 0.4) is 0 Å². The van der Waals surface area contributed by atoms with E-state index in [1.807, 2.05) is 27.7 Å². The third-order valence-electron chi connectivity index (χ3n) is 3.93. The van der Waals surface area contributed by atoms with Crippen LogP contribution in [0.2, 0.25) is 0 Å². The highest BCUT2D eigenvalue weighted by molar-refractivity contribution is 9.10. The van der Waals surface area contributed by atoms with Gasteiger partial charge in [0.05, 0.1) is 16.1 Å². The van der Waals surface area contributed by atoms with Gasteiger partial charge in [0.15, 0.2) is 0 Å². The second kappa shape index (κ2) is 5.13. The van der Waals surface area contributed by atoms with Crippen molar-refractivity contribution in [2.75, 3.05) is 0 Å². The third-order valence-corrected chi connectivity index (χ3v) is 4.43. The molecule has 5 nitrogen and oxygen atoms in total. The molecule has 0 bridgehead atoms. The Balaban J connectivity index is 2.22. The summed E-state index contributed by atoms with van der Waals surface area (Å²) in [5.41, 5.74) is -0.172. The van der Waals surface area contributed by atoms with Crippen molar-refractivity contribution in [1.29, 1.82) is 0 Å². The van der Waals surface area contributed by atoms with Crippen LogP contribution in [0.15, 0.2) is 22.7 Å². The van der Waals surface area contributed by atoms with Crippen LogP contribution in [-0.4, -0.2) is 23.2 Å². The van der Waals surface area contributed by atoms with Crippen molar-refractivity contribution in [2.45, 2.75) is 45.2 Å². The van der Waals surface area contributed by atoms with E-state index in [2.05, 4.69) is 15.9 Å². The first-order valence-electron chi connectivity index (χ1n) is 6.41. The van der Waals surface area contributed by atoms with Gasteiger partial charge in [0.1, 0.15) is 0 Å². The maximum Gasteiger partial charge on any atom is 0.462 e. The minimum Gasteiger partial charge on any atom is -0.403 e. The van der Waals surface area contributed by atoms with Crippen LogP contribution in [0.5, 0.6) is 0 Å². The second-order valence-corrected chi connectivity index (χ2v) is 6.84. The molecule has 1 aromatic carbocycles. The van der Waals surface area contributed by atoms with E-state index in [1.165, 1.54) is 6.07 Å². The maximum absolute atomic E-state index is 11.1. The Labute approximate surface area is 127 Å². The maximum atomic E-state index is 11.1. The third kappa shape index (κ3) is 2.89. The van der Waals surface area contributed by atoms with Crippen LogP contribution in [0.1, 0.15) is 33.3 Å². The molecule has 2 rings (SSSR count). The number of nitro groups is 1. The Morgan fingerprint density at radius 1 is 1.25 bits per heavy atom. The quantitative estimate of drug-likeness (QED) is 0.479. The Bertz CT molecular complexity index is 531. The van der Waals surface area contributed by atoms with Crippen molar-refractivity contribution in [3.8, 4) is 0 Å². The van der Waals surface area contributed by atoms with E-state index in [9.17, 15) is 10.1 Å². The summed E-state index contributed by atoms with van der Waals surface area (Å²) in [6.07, 6.45) is 0.358. The zero-order valence-corrected chi connectivity index (χ0v) is 13.6. The van der Waals surface area contributed by atoms with Crippen molar-refractivity contribution in [3.63, 3.8) is 0 Å². The van der Waals surface area contributed by atoms with Gasteiger partial charge in [-0.25, -0.2) is 0 Å². The van der Waals surface area contributed by atoms with E-state index in [0.29, 0.717) is 16.4 Å². The molecular weight excluding hydrogens is 325 g/mol. The molecule has 0 N–H and O–H groups in total. The lowest BCUT2D eigenvalue weighted by Gasteiger charge is -2.32. The van der Waals surface area contributed by atoms with Crippen molar-refractivity contribution in [3.05, 3.63) is 38.3 Å². The predicted molar refractivity (Wildman–Crippen MR) is 80.6 cm³/mol. The monoisotopic (exact) mass is 341 g/mol. The van der Waals surface area contributed by atoms with E-state index in [4.69, 9.17) is 9.31 Å². The first-order valence-corrected chi connectivity index (χ1v) is 7.20. The second-order valence-electron chi connectivity index (χ2n) is 5.92. The van der Waals surface area contributed by atoms with Gasteiger partial charge in [-0.15, -0.1) is 0 Å².